The standard InChI is InChI=1S/C15H20N2O3S2/c1-3-4-7-10-22(19,20)11-14(18)17(2)15-16-12-8-5-6-9-13(12)21-15/h5-6,8-9H,3-4,7,10-11H2,1-2H3. The quantitative estimate of drug-likeness (QED) is 0.727. The highest BCUT2D eigenvalue weighted by Gasteiger charge is 2.22. The van der Waals surface area contributed by atoms with Crippen LogP contribution in [0.5, 0.6) is 0 Å². The predicted molar refractivity (Wildman–Crippen MR) is 91.2 cm³/mol. The van der Waals surface area contributed by atoms with Gasteiger partial charge in [0.1, 0.15) is 5.75 Å². The van der Waals surface area contributed by atoms with E-state index in [1.807, 2.05) is 31.2 Å². The summed E-state index contributed by atoms with van der Waals surface area (Å²) < 4.78 is 24.9. The molecule has 1 aromatic carbocycles. The monoisotopic (exact) mass is 340 g/mol. The van der Waals surface area contributed by atoms with Crippen LogP contribution in [0.3, 0.4) is 0 Å². The first kappa shape index (κ1) is 16.9. The van der Waals surface area contributed by atoms with Gasteiger partial charge in [-0.2, -0.15) is 0 Å². The number of fused-ring (bicyclic) bond motifs is 1. The van der Waals surface area contributed by atoms with Crippen LogP contribution in [0, 0.1) is 0 Å². The molecule has 0 aliphatic rings. The highest BCUT2D eigenvalue weighted by Crippen LogP contribution is 2.27. The van der Waals surface area contributed by atoms with Gasteiger partial charge in [-0.05, 0) is 18.6 Å². The second kappa shape index (κ2) is 7.19. The Hall–Kier alpha value is -1.47. The summed E-state index contributed by atoms with van der Waals surface area (Å²) in [5, 5.41) is 0.523. The third-order valence-electron chi connectivity index (χ3n) is 3.35. The molecule has 0 atom stereocenters. The Balaban J connectivity index is 2.05. The summed E-state index contributed by atoms with van der Waals surface area (Å²) in [7, 11) is -1.78. The number of carbonyl (C=O) groups excluding carboxylic acids is 1. The molecule has 1 heterocycles. The zero-order valence-electron chi connectivity index (χ0n) is 12.8. The van der Waals surface area contributed by atoms with Gasteiger partial charge in [-0.3, -0.25) is 9.69 Å². The molecule has 22 heavy (non-hydrogen) atoms. The van der Waals surface area contributed by atoms with Gasteiger partial charge in [0.05, 0.1) is 16.0 Å². The molecule has 0 spiro atoms. The van der Waals surface area contributed by atoms with Crippen LogP contribution in [0.4, 0.5) is 5.13 Å². The van der Waals surface area contributed by atoms with Crippen LogP contribution < -0.4 is 4.90 Å². The molecule has 0 radical (unpaired) electrons. The number of amides is 1. The molecule has 1 amide bonds. The zero-order chi connectivity index (χ0) is 16.2. The second-order valence-corrected chi connectivity index (χ2v) is 8.41. The van der Waals surface area contributed by atoms with Crippen molar-refractivity contribution in [2.75, 3.05) is 23.5 Å². The van der Waals surface area contributed by atoms with E-state index in [1.54, 1.807) is 7.05 Å². The maximum Gasteiger partial charge on any atom is 0.243 e. The zero-order valence-corrected chi connectivity index (χ0v) is 14.4. The number of nitrogens with zero attached hydrogens (tertiary/aromatic N) is 2. The summed E-state index contributed by atoms with van der Waals surface area (Å²) in [6.45, 7) is 2.01. The number of hydrogen-bond donors (Lipinski definition) is 0. The van der Waals surface area contributed by atoms with E-state index in [4.69, 9.17) is 0 Å². The number of hydrogen-bond acceptors (Lipinski definition) is 5. The Labute approximate surface area is 134 Å². The smallest absolute Gasteiger partial charge is 0.243 e. The van der Waals surface area contributed by atoms with E-state index in [9.17, 15) is 13.2 Å². The van der Waals surface area contributed by atoms with Gasteiger partial charge in [0.15, 0.2) is 15.0 Å². The largest absolute Gasteiger partial charge is 0.290 e. The summed E-state index contributed by atoms with van der Waals surface area (Å²) in [4.78, 5) is 17.9. The normalized spacial score (nSPS) is 11.7. The van der Waals surface area contributed by atoms with Crippen molar-refractivity contribution in [2.45, 2.75) is 26.2 Å². The van der Waals surface area contributed by atoms with E-state index in [-0.39, 0.29) is 5.75 Å². The minimum Gasteiger partial charge on any atom is -0.290 e. The van der Waals surface area contributed by atoms with Gasteiger partial charge in [0.25, 0.3) is 0 Å². The first-order valence-corrected chi connectivity index (χ1v) is 9.89. The molecule has 0 unspecified atom stereocenters. The third-order valence-corrected chi connectivity index (χ3v) is 6.06. The minimum atomic E-state index is -3.35. The second-order valence-electron chi connectivity index (χ2n) is 5.22. The topological polar surface area (TPSA) is 67.3 Å². The van der Waals surface area contributed by atoms with Crippen molar-refractivity contribution in [3.8, 4) is 0 Å². The summed E-state index contributed by atoms with van der Waals surface area (Å²) in [6.07, 6.45) is 2.42. The maximum atomic E-state index is 12.2. The number of aromatic nitrogens is 1. The fourth-order valence-electron chi connectivity index (χ4n) is 2.04. The molecule has 0 N–H and O–H groups in total. The molecule has 120 valence electrons. The molecule has 2 rings (SSSR count). The van der Waals surface area contributed by atoms with Crippen LogP contribution in [-0.2, 0) is 14.6 Å². The molecule has 0 bridgehead atoms. The van der Waals surface area contributed by atoms with Gasteiger partial charge in [-0.15, -0.1) is 0 Å². The lowest BCUT2D eigenvalue weighted by Gasteiger charge is -2.13. The molecule has 0 aliphatic carbocycles. The van der Waals surface area contributed by atoms with Crippen LogP contribution in [0.15, 0.2) is 24.3 Å². The van der Waals surface area contributed by atoms with E-state index in [1.165, 1.54) is 16.2 Å². The van der Waals surface area contributed by atoms with Gasteiger partial charge in [0, 0.05) is 7.05 Å². The van der Waals surface area contributed by atoms with Crippen molar-refractivity contribution in [1.82, 2.24) is 4.98 Å². The van der Waals surface area contributed by atoms with Gasteiger partial charge >= 0.3 is 0 Å². The molecule has 0 saturated carbocycles. The first-order chi connectivity index (χ1) is 10.4. The summed E-state index contributed by atoms with van der Waals surface area (Å²) in [6, 6.07) is 7.58. The van der Waals surface area contributed by atoms with Crippen molar-refractivity contribution >= 4 is 42.4 Å². The Kier molecular flexibility index (Phi) is 5.52. The summed E-state index contributed by atoms with van der Waals surface area (Å²) in [5.41, 5.74) is 0.813. The fourth-order valence-corrected chi connectivity index (χ4v) is 4.34. The Bertz CT molecular complexity index is 720. The summed E-state index contributed by atoms with van der Waals surface area (Å²) in [5.74, 6) is -0.820. The molecule has 2 aromatic rings. The van der Waals surface area contributed by atoms with E-state index < -0.39 is 21.5 Å². The average molecular weight is 340 g/mol. The lowest BCUT2D eigenvalue weighted by atomic mass is 10.3. The van der Waals surface area contributed by atoms with Crippen molar-refractivity contribution in [3.05, 3.63) is 24.3 Å². The van der Waals surface area contributed by atoms with E-state index >= 15 is 0 Å². The number of para-hydroxylation sites is 1. The number of unbranched alkanes of at least 4 members (excludes halogenated alkanes) is 2. The number of sulfone groups is 1. The molecule has 0 aliphatic heterocycles. The van der Waals surface area contributed by atoms with E-state index in [0.29, 0.717) is 11.6 Å². The Morgan fingerprint density at radius 1 is 1.27 bits per heavy atom. The van der Waals surface area contributed by atoms with Crippen LogP contribution >= 0.6 is 11.3 Å². The molecule has 5 nitrogen and oxygen atoms in total. The molecule has 1 aromatic heterocycles. The highest BCUT2D eigenvalue weighted by molar-refractivity contribution is 7.92. The van der Waals surface area contributed by atoms with Crippen molar-refractivity contribution in [2.24, 2.45) is 0 Å². The lowest BCUT2D eigenvalue weighted by molar-refractivity contribution is -0.115. The highest BCUT2D eigenvalue weighted by atomic mass is 32.2. The fraction of sp³-hybridized carbons (Fsp3) is 0.467. The predicted octanol–water partition coefficient (Wildman–Crippen LogP) is 2.86. The van der Waals surface area contributed by atoms with Crippen LogP contribution in [-0.4, -0.2) is 37.9 Å². The number of thiazole rings is 1. The molecule has 7 heteroatoms. The number of rotatable bonds is 7. The first-order valence-electron chi connectivity index (χ1n) is 7.25. The molecular weight excluding hydrogens is 320 g/mol. The average Bonchev–Trinajstić information content (AvgIpc) is 2.89. The number of anilines is 1. The van der Waals surface area contributed by atoms with E-state index in [0.717, 1.165) is 23.1 Å². The molecular formula is C15H20N2O3S2. The van der Waals surface area contributed by atoms with Gasteiger partial charge in [0.2, 0.25) is 5.91 Å². The maximum absolute atomic E-state index is 12.2. The third kappa shape index (κ3) is 4.27. The number of carbonyl (C=O) groups is 1. The van der Waals surface area contributed by atoms with E-state index in [2.05, 4.69) is 4.98 Å². The van der Waals surface area contributed by atoms with Crippen molar-refractivity contribution in [3.63, 3.8) is 0 Å². The SMILES string of the molecule is CCCCCS(=O)(=O)CC(=O)N(C)c1nc2ccccc2s1. The van der Waals surface area contributed by atoms with Crippen LogP contribution in [0.2, 0.25) is 0 Å². The van der Waals surface area contributed by atoms with Crippen molar-refractivity contribution in [1.29, 1.82) is 0 Å². The van der Waals surface area contributed by atoms with Crippen LogP contribution in [0.25, 0.3) is 10.2 Å². The summed E-state index contributed by atoms with van der Waals surface area (Å²) >= 11 is 1.38. The minimum absolute atomic E-state index is 0.0697. The van der Waals surface area contributed by atoms with Crippen molar-refractivity contribution < 1.29 is 13.2 Å². The Morgan fingerprint density at radius 3 is 2.68 bits per heavy atom. The van der Waals surface area contributed by atoms with Crippen LogP contribution in [0.1, 0.15) is 26.2 Å². The van der Waals surface area contributed by atoms with Gasteiger partial charge in [-0.1, -0.05) is 43.2 Å². The lowest BCUT2D eigenvalue weighted by Crippen LogP contribution is -2.33. The molecule has 0 saturated heterocycles. The van der Waals surface area contributed by atoms with Gasteiger partial charge in [-0.25, -0.2) is 13.4 Å². The Morgan fingerprint density at radius 2 is 2.00 bits per heavy atom. The number of benzene rings is 1. The van der Waals surface area contributed by atoms with Gasteiger partial charge < -0.3 is 0 Å². The molecule has 0 fully saturated rings.